The molecule has 6 nitrogen and oxygen atoms in total. The van der Waals surface area contributed by atoms with Crippen molar-refractivity contribution in [3.63, 3.8) is 0 Å². The highest BCUT2D eigenvalue weighted by Crippen LogP contribution is 2.38. The molecule has 124 valence electrons. The summed E-state index contributed by atoms with van der Waals surface area (Å²) in [5.74, 6) is 0. The molecular weight excluding hydrogens is 348 g/mol. The Morgan fingerprint density at radius 1 is 1.12 bits per heavy atom. The molecule has 7 heteroatoms. The summed E-state index contributed by atoms with van der Waals surface area (Å²) in [6, 6.07) is 17.5. The van der Waals surface area contributed by atoms with Crippen molar-refractivity contribution in [2.75, 3.05) is 0 Å². The smallest absolute Gasteiger partial charge is 0.258 e. The number of nitriles is 2. The van der Waals surface area contributed by atoms with E-state index in [4.69, 9.17) is 10.5 Å². The molecule has 0 bridgehead atoms. The highest BCUT2D eigenvalue weighted by molar-refractivity contribution is 7.99. The quantitative estimate of drug-likeness (QED) is 0.379. The second-order valence-corrected chi connectivity index (χ2v) is 6.28. The van der Waals surface area contributed by atoms with Crippen molar-refractivity contribution in [2.24, 2.45) is 0 Å². The minimum absolute atomic E-state index is 0.0908. The van der Waals surface area contributed by atoms with E-state index in [1.807, 2.05) is 30.3 Å². The summed E-state index contributed by atoms with van der Waals surface area (Å²) in [6.07, 6.45) is 3.00. The van der Waals surface area contributed by atoms with Crippen LogP contribution in [0.25, 0.3) is 17.0 Å². The fraction of sp³-hybridized carbons (Fsp3) is 0. The number of allylic oxidation sites excluding steroid dienone is 1. The summed E-state index contributed by atoms with van der Waals surface area (Å²) in [6.45, 7) is 0. The maximum absolute atomic E-state index is 11.5. The van der Waals surface area contributed by atoms with E-state index < -0.39 is 4.92 Å². The molecule has 0 atom stereocenters. The van der Waals surface area contributed by atoms with Crippen molar-refractivity contribution < 1.29 is 4.92 Å². The second kappa shape index (κ2) is 7.47. The van der Waals surface area contributed by atoms with E-state index in [1.165, 1.54) is 23.9 Å². The van der Waals surface area contributed by atoms with Crippen molar-refractivity contribution in [3.05, 3.63) is 76.0 Å². The number of pyridine rings is 1. The zero-order valence-electron chi connectivity index (χ0n) is 13.3. The molecule has 26 heavy (non-hydrogen) atoms. The van der Waals surface area contributed by atoms with Crippen LogP contribution in [0.1, 0.15) is 5.56 Å². The van der Waals surface area contributed by atoms with Gasteiger partial charge in [-0.05, 0) is 29.8 Å². The van der Waals surface area contributed by atoms with Gasteiger partial charge in [0.2, 0.25) is 0 Å². The van der Waals surface area contributed by atoms with Crippen molar-refractivity contribution in [2.45, 2.75) is 9.79 Å². The minimum Gasteiger partial charge on any atom is -0.258 e. The van der Waals surface area contributed by atoms with Gasteiger partial charge in [0, 0.05) is 22.5 Å². The highest BCUT2D eigenvalue weighted by Gasteiger charge is 2.17. The van der Waals surface area contributed by atoms with Gasteiger partial charge in [-0.2, -0.15) is 10.5 Å². The summed E-state index contributed by atoms with van der Waals surface area (Å²) in [4.78, 5) is 16.6. The summed E-state index contributed by atoms with van der Waals surface area (Å²) in [5, 5.41) is 30.1. The lowest BCUT2D eigenvalue weighted by Crippen LogP contribution is -1.92. The maximum atomic E-state index is 11.5. The Bertz CT molecular complexity index is 1110. The van der Waals surface area contributed by atoms with Crippen LogP contribution in [0.15, 0.2) is 70.1 Å². The maximum Gasteiger partial charge on any atom is 0.283 e. The zero-order chi connectivity index (χ0) is 18.5. The molecule has 0 unspecified atom stereocenters. The molecule has 2 aromatic carbocycles. The van der Waals surface area contributed by atoms with Gasteiger partial charge in [0.25, 0.3) is 5.69 Å². The molecule has 0 N–H and O–H groups in total. The number of aromatic nitrogens is 1. The molecule has 1 aromatic heterocycles. The topological polar surface area (TPSA) is 104 Å². The van der Waals surface area contributed by atoms with Gasteiger partial charge < -0.3 is 0 Å². The van der Waals surface area contributed by atoms with E-state index in [0.29, 0.717) is 10.5 Å². The standard InChI is InChI=1S/C19H10N4O2S/c20-11-14(12-21)9-13-6-7-17(16(10-13)23(24)25)26-18-5-1-3-15-4-2-8-22-19(15)18/h1-10H. The van der Waals surface area contributed by atoms with E-state index in [2.05, 4.69) is 4.98 Å². The SMILES string of the molecule is N#CC(C#N)=Cc1ccc(Sc2cccc3cccnc23)c([N+](=O)[O-])c1. The molecule has 0 amide bonds. The van der Waals surface area contributed by atoms with Crippen LogP contribution >= 0.6 is 11.8 Å². The number of fused-ring (bicyclic) bond motifs is 1. The molecule has 0 aliphatic rings. The fourth-order valence-corrected chi connectivity index (χ4v) is 3.41. The van der Waals surface area contributed by atoms with Crippen molar-refractivity contribution in [1.82, 2.24) is 4.98 Å². The number of nitrogens with zero attached hydrogens (tertiary/aromatic N) is 4. The van der Waals surface area contributed by atoms with Crippen LogP contribution in [0, 0.1) is 32.8 Å². The molecule has 0 aliphatic carbocycles. The van der Waals surface area contributed by atoms with E-state index >= 15 is 0 Å². The molecule has 3 rings (SSSR count). The number of rotatable bonds is 4. The molecule has 0 aliphatic heterocycles. The molecule has 0 radical (unpaired) electrons. The van der Waals surface area contributed by atoms with Gasteiger partial charge in [0.15, 0.2) is 0 Å². The number of hydrogen-bond acceptors (Lipinski definition) is 6. The van der Waals surface area contributed by atoms with Crippen LogP contribution < -0.4 is 0 Å². The van der Waals surface area contributed by atoms with E-state index in [9.17, 15) is 10.1 Å². The lowest BCUT2D eigenvalue weighted by atomic mass is 10.1. The van der Waals surface area contributed by atoms with Crippen LogP contribution in [0.5, 0.6) is 0 Å². The third-order valence-corrected chi connectivity index (χ3v) is 4.66. The summed E-state index contributed by atoms with van der Waals surface area (Å²) < 4.78 is 0. The molecule has 0 fully saturated rings. The number of nitro benzene ring substituents is 1. The number of hydrogen-bond donors (Lipinski definition) is 0. The van der Waals surface area contributed by atoms with Crippen LogP contribution in [-0.2, 0) is 0 Å². The van der Waals surface area contributed by atoms with Gasteiger partial charge in [0.05, 0.1) is 15.3 Å². The Labute approximate surface area is 153 Å². The Morgan fingerprint density at radius 2 is 1.88 bits per heavy atom. The number of para-hydroxylation sites is 1. The Hall–Kier alpha value is -3.68. The molecule has 0 saturated heterocycles. The predicted molar refractivity (Wildman–Crippen MR) is 98.2 cm³/mol. The molecule has 0 saturated carbocycles. The first-order valence-corrected chi connectivity index (χ1v) is 8.26. The van der Waals surface area contributed by atoms with Crippen molar-refractivity contribution in [1.29, 1.82) is 10.5 Å². The minimum atomic E-state index is -0.476. The monoisotopic (exact) mass is 358 g/mol. The van der Waals surface area contributed by atoms with E-state index in [0.717, 1.165) is 15.8 Å². The Balaban J connectivity index is 2.05. The summed E-state index contributed by atoms with van der Waals surface area (Å²) in [7, 11) is 0. The Morgan fingerprint density at radius 3 is 2.62 bits per heavy atom. The second-order valence-electron chi connectivity index (χ2n) is 5.20. The highest BCUT2D eigenvalue weighted by atomic mass is 32.2. The third-order valence-electron chi connectivity index (χ3n) is 3.55. The summed E-state index contributed by atoms with van der Waals surface area (Å²) >= 11 is 1.26. The van der Waals surface area contributed by atoms with Gasteiger partial charge in [-0.15, -0.1) is 0 Å². The Kier molecular flexibility index (Phi) is 4.93. The van der Waals surface area contributed by atoms with Gasteiger partial charge in [0.1, 0.15) is 17.7 Å². The normalized spacial score (nSPS) is 9.92. The lowest BCUT2D eigenvalue weighted by molar-refractivity contribution is -0.387. The average molecular weight is 358 g/mol. The lowest BCUT2D eigenvalue weighted by Gasteiger charge is -2.07. The first kappa shape index (κ1) is 17.2. The summed E-state index contributed by atoms with van der Waals surface area (Å²) in [5.41, 5.74) is 0.995. The van der Waals surface area contributed by atoms with Crippen LogP contribution in [-0.4, -0.2) is 9.91 Å². The van der Waals surface area contributed by atoms with E-state index in [1.54, 1.807) is 30.5 Å². The number of benzene rings is 2. The molecular formula is C19H10N4O2S. The predicted octanol–water partition coefficient (Wildman–Crippen LogP) is 4.72. The molecule has 1 heterocycles. The zero-order valence-corrected chi connectivity index (χ0v) is 14.1. The van der Waals surface area contributed by atoms with Crippen molar-refractivity contribution in [3.8, 4) is 12.1 Å². The van der Waals surface area contributed by atoms with Gasteiger partial charge in [-0.1, -0.05) is 36.0 Å². The molecule has 3 aromatic rings. The van der Waals surface area contributed by atoms with Crippen molar-refractivity contribution >= 4 is 34.4 Å². The van der Waals surface area contributed by atoms with Crippen LogP contribution in [0.3, 0.4) is 0 Å². The fourth-order valence-electron chi connectivity index (χ4n) is 2.39. The first-order valence-electron chi connectivity index (χ1n) is 7.44. The average Bonchev–Trinajstić information content (AvgIpc) is 2.67. The molecule has 0 spiro atoms. The van der Waals surface area contributed by atoms with Crippen LogP contribution in [0.4, 0.5) is 5.69 Å². The number of nitro groups is 1. The van der Waals surface area contributed by atoms with Gasteiger partial charge in [-0.25, -0.2) is 0 Å². The van der Waals surface area contributed by atoms with Gasteiger partial charge in [-0.3, -0.25) is 15.1 Å². The largest absolute Gasteiger partial charge is 0.283 e. The van der Waals surface area contributed by atoms with E-state index in [-0.39, 0.29) is 11.3 Å². The third kappa shape index (κ3) is 3.54. The van der Waals surface area contributed by atoms with Crippen LogP contribution in [0.2, 0.25) is 0 Å². The van der Waals surface area contributed by atoms with Gasteiger partial charge >= 0.3 is 0 Å². The first-order chi connectivity index (χ1) is 12.6.